The van der Waals surface area contributed by atoms with E-state index >= 15 is 0 Å². The number of hydrogen-bond acceptors (Lipinski definition) is 8. The van der Waals surface area contributed by atoms with E-state index in [0.717, 1.165) is 28.2 Å². The predicted octanol–water partition coefficient (Wildman–Crippen LogP) is 9.00. The zero-order chi connectivity index (χ0) is 34.5. The Balaban J connectivity index is 0.000000157. The maximum absolute atomic E-state index is 12.7. The maximum atomic E-state index is 12.7. The third-order valence-corrected chi connectivity index (χ3v) is 8.40. The van der Waals surface area contributed by atoms with Crippen molar-refractivity contribution in [3.05, 3.63) is 166 Å². The lowest BCUT2D eigenvalue weighted by Crippen LogP contribution is -2.10. The van der Waals surface area contributed by atoms with Gasteiger partial charge in [-0.15, -0.1) is 0 Å². The fourth-order valence-corrected chi connectivity index (χ4v) is 5.73. The van der Waals surface area contributed by atoms with Crippen LogP contribution in [0.2, 0.25) is 0 Å². The Bertz CT molecular complexity index is 2310. The monoisotopic (exact) mass is 666 g/mol. The first-order valence-electron chi connectivity index (χ1n) is 16.1. The molecule has 1 aliphatic heterocycles. The van der Waals surface area contributed by atoms with E-state index in [1.54, 1.807) is 38.5 Å². The summed E-state index contributed by atoms with van der Waals surface area (Å²) in [6.07, 6.45) is -0.718. The van der Waals surface area contributed by atoms with Crippen molar-refractivity contribution in [2.45, 2.75) is 19.3 Å². The summed E-state index contributed by atoms with van der Waals surface area (Å²) in [7, 11) is 3.27. The Morgan fingerprint density at radius 3 is 1.86 bits per heavy atom. The van der Waals surface area contributed by atoms with Crippen LogP contribution < -0.4 is 29.1 Å². The fraction of sp³-hybridized carbons (Fsp3) is 0.119. The van der Waals surface area contributed by atoms with E-state index in [-0.39, 0.29) is 5.43 Å². The molecule has 0 fully saturated rings. The van der Waals surface area contributed by atoms with Crippen LogP contribution in [0.15, 0.2) is 143 Å². The first-order valence-corrected chi connectivity index (χ1v) is 16.1. The molecule has 0 bridgehead atoms. The Hall–Kier alpha value is -6.25. The summed E-state index contributed by atoms with van der Waals surface area (Å²) in [5.41, 5.74) is 4.48. The standard InChI is InChI=1S/C21H18O4.C21H16O4/c2*1-23-15-11-9-14(10-12-15)13-24-19-8-4-6-17-20(22)16-5-2-3-7-18(16)25-21(17)19/h2-12,20,22H,13H2,1H3;2-12H,13H2,1H3. The van der Waals surface area contributed by atoms with Gasteiger partial charge < -0.3 is 33.2 Å². The molecule has 0 radical (unpaired) electrons. The fourth-order valence-electron chi connectivity index (χ4n) is 5.73. The second kappa shape index (κ2) is 14.5. The number of aliphatic hydroxyl groups excluding tert-OH is 1. The van der Waals surface area contributed by atoms with E-state index in [1.165, 1.54) is 0 Å². The van der Waals surface area contributed by atoms with Crippen molar-refractivity contribution in [1.29, 1.82) is 0 Å². The lowest BCUT2D eigenvalue weighted by atomic mass is 9.97. The van der Waals surface area contributed by atoms with Gasteiger partial charge in [0.15, 0.2) is 22.8 Å². The van der Waals surface area contributed by atoms with Crippen molar-refractivity contribution >= 4 is 21.9 Å². The van der Waals surface area contributed by atoms with Crippen LogP contribution in [0.3, 0.4) is 0 Å². The smallest absolute Gasteiger partial charge is 0.200 e. The van der Waals surface area contributed by atoms with Gasteiger partial charge in [0.2, 0.25) is 5.43 Å². The minimum atomic E-state index is -0.718. The van der Waals surface area contributed by atoms with E-state index in [1.807, 2.05) is 109 Å². The van der Waals surface area contributed by atoms with Crippen molar-refractivity contribution in [2.75, 3.05) is 14.2 Å². The zero-order valence-corrected chi connectivity index (χ0v) is 27.5. The number of rotatable bonds is 8. The van der Waals surface area contributed by atoms with Gasteiger partial charge in [0.25, 0.3) is 0 Å². The lowest BCUT2D eigenvalue weighted by Gasteiger charge is -2.26. The summed E-state index contributed by atoms with van der Waals surface area (Å²) in [5.74, 6) is 4.00. The normalized spacial score (nSPS) is 12.9. The van der Waals surface area contributed by atoms with Crippen LogP contribution in [0, 0.1) is 0 Å². The molecule has 1 aliphatic rings. The molecule has 250 valence electrons. The Morgan fingerprint density at radius 1 is 0.600 bits per heavy atom. The third-order valence-electron chi connectivity index (χ3n) is 8.40. The molecule has 0 saturated carbocycles. The number of hydrogen-bond donors (Lipinski definition) is 1. The van der Waals surface area contributed by atoms with E-state index in [2.05, 4.69) is 0 Å². The molecule has 2 heterocycles. The molecule has 50 heavy (non-hydrogen) atoms. The Morgan fingerprint density at radius 2 is 1.16 bits per heavy atom. The molecular formula is C42H34O8. The molecule has 1 atom stereocenters. The highest BCUT2D eigenvalue weighted by atomic mass is 16.5. The molecule has 6 aromatic carbocycles. The van der Waals surface area contributed by atoms with Gasteiger partial charge in [-0.25, -0.2) is 0 Å². The lowest BCUT2D eigenvalue weighted by molar-refractivity contribution is 0.198. The summed E-state index contributed by atoms with van der Waals surface area (Å²) >= 11 is 0. The molecule has 0 saturated heterocycles. The predicted molar refractivity (Wildman–Crippen MR) is 192 cm³/mol. The molecule has 0 amide bonds. The van der Waals surface area contributed by atoms with E-state index in [0.29, 0.717) is 63.7 Å². The van der Waals surface area contributed by atoms with E-state index in [9.17, 15) is 9.90 Å². The van der Waals surface area contributed by atoms with Crippen molar-refractivity contribution in [3.8, 4) is 34.5 Å². The van der Waals surface area contributed by atoms with Crippen LogP contribution >= 0.6 is 0 Å². The van der Waals surface area contributed by atoms with Crippen LogP contribution in [0.25, 0.3) is 21.9 Å². The maximum Gasteiger partial charge on any atom is 0.200 e. The second-order valence-electron chi connectivity index (χ2n) is 11.6. The van der Waals surface area contributed by atoms with Crippen LogP contribution in [0.1, 0.15) is 28.4 Å². The van der Waals surface area contributed by atoms with Crippen LogP contribution in [0.4, 0.5) is 0 Å². The summed E-state index contributed by atoms with van der Waals surface area (Å²) in [6, 6.07) is 41.0. The largest absolute Gasteiger partial charge is 0.497 e. The van der Waals surface area contributed by atoms with Gasteiger partial charge in [-0.3, -0.25) is 4.79 Å². The van der Waals surface area contributed by atoms with E-state index < -0.39 is 6.10 Å². The molecule has 8 rings (SSSR count). The topological polar surface area (TPSA) is 96.6 Å². The second-order valence-corrected chi connectivity index (χ2v) is 11.6. The van der Waals surface area contributed by atoms with Gasteiger partial charge in [-0.1, -0.05) is 72.8 Å². The average Bonchev–Trinajstić information content (AvgIpc) is 3.17. The number of aliphatic hydroxyl groups is 1. The van der Waals surface area contributed by atoms with Crippen LogP contribution in [0.5, 0.6) is 34.5 Å². The number of ether oxygens (including phenoxy) is 5. The SMILES string of the molecule is COc1ccc(COc2cccc3c(=O)c4ccccc4oc23)cc1.COc1ccc(COc2cccc3c2Oc2ccccc2C3O)cc1. The number of methoxy groups -OCH3 is 2. The van der Waals surface area contributed by atoms with Gasteiger partial charge in [-0.2, -0.15) is 0 Å². The minimum Gasteiger partial charge on any atom is -0.497 e. The van der Waals surface area contributed by atoms with Gasteiger partial charge in [0.1, 0.15) is 42.1 Å². The van der Waals surface area contributed by atoms with Crippen molar-refractivity contribution in [1.82, 2.24) is 0 Å². The summed E-state index contributed by atoms with van der Waals surface area (Å²) < 4.78 is 34.1. The Labute approximate surface area is 288 Å². The number of fused-ring (bicyclic) bond motifs is 4. The highest BCUT2D eigenvalue weighted by Gasteiger charge is 2.27. The molecule has 1 aromatic heterocycles. The molecule has 1 N–H and O–H groups in total. The van der Waals surface area contributed by atoms with Crippen LogP contribution in [-0.2, 0) is 13.2 Å². The van der Waals surface area contributed by atoms with Gasteiger partial charge in [-0.05, 0) is 71.8 Å². The van der Waals surface area contributed by atoms with Gasteiger partial charge >= 0.3 is 0 Å². The van der Waals surface area contributed by atoms with Gasteiger partial charge in [0.05, 0.1) is 25.0 Å². The third kappa shape index (κ3) is 6.70. The van der Waals surface area contributed by atoms with Crippen LogP contribution in [-0.4, -0.2) is 19.3 Å². The molecule has 7 aromatic rings. The highest BCUT2D eigenvalue weighted by molar-refractivity contribution is 5.92. The molecule has 8 nitrogen and oxygen atoms in total. The summed E-state index contributed by atoms with van der Waals surface area (Å²) in [6.45, 7) is 0.779. The zero-order valence-electron chi connectivity index (χ0n) is 27.5. The minimum absolute atomic E-state index is 0.0493. The Kier molecular flexibility index (Phi) is 9.35. The van der Waals surface area contributed by atoms with Crippen molar-refractivity contribution in [3.63, 3.8) is 0 Å². The summed E-state index contributed by atoms with van der Waals surface area (Å²) in [4.78, 5) is 12.7. The average molecular weight is 667 g/mol. The molecule has 0 aliphatic carbocycles. The first kappa shape index (κ1) is 32.3. The highest BCUT2D eigenvalue weighted by Crippen LogP contribution is 2.47. The quantitative estimate of drug-likeness (QED) is 0.161. The molecule has 0 spiro atoms. The number of para-hydroxylation sites is 4. The van der Waals surface area contributed by atoms with E-state index in [4.69, 9.17) is 28.1 Å². The van der Waals surface area contributed by atoms with Crippen molar-refractivity contribution < 1.29 is 33.2 Å². The first-order chi connectivity index (χ1) is 24.5. The number of benzene rings is 6. The molecule has 1 unspecified atom stereocenters. The molecule has 8 heteroatoms. The summed E-state index contributed by atoms with van der Waals surface area (Å²) in [5, 5.41) is 11.7. The van der Waals surface area contributed by atoms with Gasteiger partial charge in [0, 0.05) is 11.1 Å². The molecular weight excluding hydrogens is 632 g/mol. The van der Waals surface area contributed by atoms with Crippen molar-refractivity contribution in [2.24, 2.45) is 0 Å².